The zero-order valence-corrected chi connectivity index (χ0v) is 45.8. The van der Waals surface area contributed by atoms with Crippen LogP contribution in [0.4, 0.5) is 5.69 Å². The number of rotatable bonds is 18. The maximum atomic E-state index is 13.2. The van der Waals surface area contributed by atoms with Crippen LogP contribution in [0.2, 0.25) is 51.4 Å². The maximum absolute atomic E-state index is 13.2. The zero-order valence-electron chi connectivity index (χ0n) is 40.6. The van der Waals surface area contributed by atoms with E-state index in [1.165, 1.54) is 0 Å². The number of carboxylic acids is 1. The third-order valence-corrected chi connectivity index (χ3v) is 15.2. The van der Waals surface area contributed by atoms with Gasteiger partial charge in [-0.1, -0.05) is 95.4 Å². The fourth-order valence-electron chi connectivity index (χ4n) is 7.09. The normalized spacial score (nSPS) is 11.4. The van der Waals surface area contributed by atoms with Crippen LogP contribution in [0.5, 0.6) is 0 Å². The predicted octanol–water partition coefficient (Wildman–Crippen LogP) is 10.8. The van der Waals surface area contributed by atoms with Crippen LogP contribution in [0.25, 0.3) is 21.8 Å². The molecule has 8 aromatic rings. The van der Waals surface area contributed by atoms with Crippen molar-refractivity contribution in [3.63, 3.8) is 0 Å². The van der Waals surface area contributed by atoms with Crippen molar-refractivity contribution in [3.8, 4) is 12.1 Å². The Morgan fingerprint density at radius 3 is 1.61 bits per heavy atom. The van der Waals surface area contributed by atoms with Crippen LogP contribution < -0.4 is 5.73 Å². The molecule has 0 radical (unpaired) electrons. The van der Waals surface area contributed by atoms with Gasteiger partial charge in [0.15, 0.2) is 11.5 Å². The molecule has 368 valence electrons. The first-order valence-corrected chi connectivity index (χ1v) is 31.8. The third kappa shape index (κ3) is 16.3. The van der Waals surface area contributed by atoms with E-state index in [0.717, 1.165) is 54.1 Å². The van der Waals surface area contributed by atoms with Gasteiger partial charge in [0.1, 0.15) is 19.2 Å². The van der Waals surface area contributed by atoms with Crippen molar-refractivity contribution in [2.24, 2.45) is 0 Å². The number of aromatic carboxylic acids is 1. The lowest BCUT2D eigenvalue weighted by molar-refractivity contribution is 0.0675. The molecule has 0 saturated carbocycles. The largest absolute Gasteiger partial charge is 0.476 e. The van der Waals surface area contributed by atoms with E-state index in [9.17, 15) is 14.7 Å². The average molecular weight is 1120 g/mol. The molecule has 0 atom stereocenters. The molecule has 0 aliphatic heterocycles. The smallest absolute Gasteiger partial charge is 0.357 e. The van der Waals surface area contributed by atoms with Crippen LogP contribution in [-0.4, -0.2) is 85.3 Å². The number of benzene rings is 4. The van der Waals surface area contributed by atoms with Crippen molar-refractivity contribution in [3.05, 3.63) is 158 Å². The van der Waals surface area contributed by atoms with Crippen molar-refractivity contribution < 1.29 is 24.2 Å². The molecule has 4 aromatic heterocycles. The molecular formula is C51H57Br2N11O5Si2. The molecule has 71 heavy (non-hydrogen) atoms. The van der Waals surface area contributed by atoms with E-state index < -0.39 is 22.1 Å². The topological polar surface area (TPSA) is 218 Å². The van der Waals surface area contributed by atoms with Crippen molar-refractivity contribution in [1.29, 1.82) is 10.5 Å². The van der Waals surface area contributed by atoms with Gasteiger partial charge < -0.3 is 20.3 Å². The van der Waals surface area contributed by atoms with Crippen molar-refractivity contribution in [2.45, 2.75) is 84.3 Å². The number of nitrogens with two attached hydrogens (primary N) is 1. The van der Waals surface area contributed by atoms with Gasteiger partial charge in [-0.25, -0.2) is 14.2 Å². The van der Waals surface area contributed by atoms with Crippen LogP contribution in [0, 0.1) is 22.7 Å². The molecular weight excluding hydrogens is 1060 g/mol. The summed E-state index contributed by atoms with van der Waals surface area (Å²) in [7, 11) is -2.31. The van der Waals surface area contributed by atoms with E-state index in [1.807, 2.05) is 72.9 Å². The number of anilines is 1. The summed E-state index contributed by atoms with van der Waals surface area (Å²) in [6.07, 6.45) is 7.15. The summed E-state index contributed by atoms with van der Waals surface area (Å²) in [6, 6.07) is 32.5. The number of nitrogens with zero attached hydrogens (tertiary/aromatic N) is 10. The number of hydrogen-bond donors (Lipinski definition) is 2. The van der Waals surface area contributed by atoms with Gasteiger partial charge >= 0.3 is 5.97 Å². The summed E-state index contributed by atoms with van der Waals surface area (Å²) in [5.74, 6) is -1.09. The van der Waals surface area contributed by atoms with Gasteiger partial charge in [0, 0.05) is 67.9 Å². The van der Waals surface area contributed by atoms with Gasteiger partial charge in [0.05, 0.1) is 65.5 Å². The van der Waals surface area contributed by atoms with Gasteiger partial charge in [-0.3, -0.25) is 14.2 Å². The van der Waals surface area contributed by atoms with E-state index in [2.05, 4.69) is 104 Å². The molecule has 0 unspecified atom stereocenters. The second-order valence-electron chi connectivity index (χ2n) is 19.3. The minimum absolute atomic E-state index is 0.0614. The summed E-state index contributed by atoms with van der Waals surface area (Å²) in [5.41, 5.74) is 12.4. The van der Waals surface area contributed by atoms with E-state index in [0.29, 0.717) is 60.9 Å². The molecule has 4 aromatic carbocycles. The molecule has 0 amide bonds. The van der Waals surface area contributed by atoms with E-state index in [4.69, 9.17) is 25.7 Å². The quantitative estimate of drug-likeness (QED) is 0.0466. The fraction of sp³-hybridized carbons (Fsp3) is 0.294. The van der Waals surface area contributed by atoms with Gasteiger partial charge in [-0.05, 0) is 89.4 Å². The molecule has 8 rings (SSSR count). The standard InChI is InChI=1S/C26H28BrN5O2Si.C14H19BrN2O3Si.C11H10N4/c1-35(2,3)10-9-34-18-32-24-13-22(27)7-8-23(24)26(30-32)25(33)12-21-15-29-31(17-21)16-20-6-4-5-19(11-20)14-28;1-21(2,3)7-6-20-9-17-12-8-10(15)4-5-11(12)13(16-17)14(18)19;12-5-9-2-1-3-10(4-9)7-15-8-11(13)6-14-15/h4-8,11,13,15,17H,9-10,12,16,18H2,1-3H3;4-5,8H,6-7,9H2,1-3H3,(H,18,19);1-4,6,8H,7,13H2. The van der Waals surface area contributed by atoms with Crippen molar-refractivity contribution in [1.82, 2.24) is 39.1 Å². The van der Waals surface area contributed by atoms with Gasteiger partial charge in [-0.15, -0.1) is 0 Å². The molecule has 0 bridgehead atoms. The molecule has 16 nitrogen and oxygen atoms in total. The second-order valence-corrected chi connectivity index (χ2v) is 32.3. The first-order valence-electron chi connectivity index (χ1n) is 22.8. The number of halogens is 2. The molecule has 3 N–H and O–H groups in total. The van der Waals surface area contributed by atoms with Gasteiger partial charge in [-0.2, -0.15) is 30.9 Å². The Labute approximate surface area is 431 Å². The molecule has 0 saturated heterocycles. The highest BCUT2D eigenvalue weighted by atomic mass is 79.9. The SMILES string of the molecule is C[Si](C)(C)CCOCn1nc(C(=O)Cc2cnn(Cc3cccc(C#N)c3)c2)c2ccc(Br)cc21.C[Si](C)(C)CCOCn1nc(C(=O)O)c2ccc(Br)cc21.N#Cc1cccc(Cn2cc(N)cn2)c1. The monoisotopic (exact) mass is 1120 g/mol. The van der Waals surface area contributed by atoms with E-state index >= 15 is 0 Å². The number of nitrogen functional groups attached to an aromatic ring is 1. The Hall–Kier alpha value is -6.53. The highest BCUT2D eigenvalue weighted by molar-refractivity contribution is 9.10. The van der Waals surface area contributed by atoms with Crippen molar-refractivity contribution in [2.75, 3.05) is 18.9 Å². The number of carbonyl (C=O) groups excluding carboxylic acids is 1. The number of carboxylic acid groups (broad SMARTS) is 1. The Morgan fingerprint density at radius 1 is 0.662 bits per heavy atom. The summed E-state index contributed by atoms with van der Waals surface area (Å²) >= 11 is 6.92. The molecule has 20 heteroatoms. The highest BCUT2D eigenvalue weighted by Crippen LogP contribution is 2.26. The summed E-state index contributed by atoms with van der Waals surface area (Å²) in [4.78, 5) is 24.5. The third-order valence-electron chi connectivity index (χ3n) is 10.8. The number of carbonyl (C=O) groups is 2. The molecule has 4 heterocycles. The maximum Gasteiger partial charge on any atom is 0.357 e. The zero-order chi connectivity index (χ0) is 51.3. The number of fused-ring (bicyclic) bond motifs is 2. The minimum Gasteiger partial charge on any atom is -0.476 e. The Bertz CT molecular complexity index is 3210. The summed E-state index contributed by atoms with van der Waals surface area (Å²) in [5, 5.41) is 45.7. The van der Waals surface area contributed by atoms with Gasteiger partial charge in [0.2, 0.25) is 0 Å². The Balaban J connectivity index is 0.000000193. The van der Waals surface area contributed by atoms with Gasteiger partial charge in [0.25, 0.3) is 0 Å². The molecule has 0 spiro atoms. The number of Topliss-reactive ketones (excluding diaryl/α,β-unsaturated/α-hetero) is 1. The van der Waals surface area contributed by atoms with Crippen LogP contribution in [-0.2, 0) is 42.4 Å². The number of ketones is 1. The summed E-state index contributed by atoms with van der Waals surface area (Å²) < 4.78 is 20.3. The van der Waals surface area contributed by atoms with E-state index in [1.54, 1.807) is 55.5 Å². The highest BCUT2D eigenvalue weighted by Gasteiger charge is 2.21. The Kier molecular flexibility index (Phi) is 18.6. The first kappa shape index (κ1) is 53.8. The number of hydrogen-bond acceptors (Lipinski definition) is 11. The lowest BCUT2D eigenvalue weighted by Gasteiger charge is -2.15. The van der Waals surface area contributed by atoms with Crippen LogP contribution >= 0.6 is 31.9 Å². The summed E-state index contributed by atoms with van der Waals surface area (Å²) in [6.45, 7) is 16.9. The van der Waals surface area contributed by atoms with Crippen molar-refractivity contribution >= 4 is 87.3 Å². The number of nitriles is 2. The predicted molar refractivity (Wildman–Crippen MR) is 287 cm³/mol. The van der Waals surface area contributed by atoms with E-state index in [-0.39, 0.29) is 24.6 Å². The lowest BCUT2D eigenvalue weighted by Crippen LogP contribution is -2.22. The molecule has 0 aliphatic carbocycles. The van der Waals surface area contributed by atoms with Crippen LogP contribution in [0.3, 0.4) is 0 Å². The first-order chi connectivity index (χ1) is 33.8. The number of aromatic nitrogens is 8. The lowest BCUT2D eigenvalue weighted by atomic mass is 10.1. The average Bonchev–Trinajstić information content (AvgIpc) is 4.12. The van der Waals surface area contributed by atoms with Crippen LogP contribution in [0.1, 0.15) is 48.8 Å². The second kappa shape index (κ2) is 24.5. The minimum atomic E-state index is -1.18. The fourth-order valence-corrected chi connectivity index (χ4v) is 9.30. The van der Waals surface area contributed by atoms with Crippen LogP contribution in [0.15, 0.2) is 119 Å². The molecule has 0 aliphatic rings. The molecule has 0 fully saturated rings. The Morgan fingerprint density at radius 2 is 1.14 bits per heavy atom. The number of ether oxygens (including phenoxy) is 2.